The Morgan fingerprint density at radius 2 is 2.25 bits per heavy atom. The van der Waals surface area contributed by atoms with Crippen LogP contribution in [0.2, 0.25) is 0 Å². The number of halogens is 1. The summed E-state index contributed by atoms with van der Waals surface area (Å²) in [7, 11) is 0. The molecule has 1 aromatic carbocycles. The minimum atomic E-state index is -0.0696. The van der Waals surface area contributed by atoms with Gasteiger partial charge >= 0.3 is 0 Å². The van der Waals surface area contributed by atoms with E-state index >= 15 is 0 Å². The lowest BCUT2D eigenvalue weighted by Crippen LogP contribution is -2.29. The average Bonchev–Trinajstić information content (AvgIpc) is 2.25. The summed E-state index contributed by atoms with van der Waals surface area (Å²) in [4.78, 5) is 11.3. The lowest BCUT2D eigenvalue weighted by Gasteiger charge is -2.09. The van der Waals surface area contributed by atoms with Gasteiger partial charge in [-0.15, -0.1) is 0 Å². The highest BCUT2D eigenvalue weighted by atomic mass is 127. The van der Waals surface area contributed by atoms with E-state index in [1.807, 2.05) is 32.0 Å². The number of amides is 1. The summed E-state index contributed by atoms with van der Waals surface area (Å²) in [5.41, 5.74) is 1.05. The van der Waals surface area contributed by atoms with Crippen LogP contribution < -0.4 is 10.1 Å². The van der Waals surface area contributed by atoms with Gasteiger partial charge in [0.25, 0.3) is 5.91 Å². The number of benzene rings is 1. The van der Waals surface area contributed by atoms with Crippen LogP contribution in [0.4, 0.5) is 0 Å². The molecular weight excluding hydrogens is 317 g/mol. The second-order valence-corrected chi connectivity index (χ2v) is 4.79. The normalized spacial score (nSPS) is 9.94. The van der Waals surface area contributed by atoms with Crippen LogP contribution in [0, 0.1) is 10.5 Å². The van der Waals surface area contributed by atoms with Gasteiger partial charge in [0.05, 0.1) is 0 Å². The first-order valence-corrected chi connectivity index (χ1v) is 6.37. The van der Waals surface area contributed by atoms with Gasteiger partial charge in [-0.05, 0) is 59.7 Å². The zero-order valence-corrected chi connectivity index (χ0v) is 11.7. The van der Waals surface area contributed by atoms with Crippen molar-refractivity contribution in [1.29, 1.82) is 0 Å². The summed E-state index contributed by atoms with van der Waals surface area (Å²) in [5.74, 6) is 0.701. The van der Waals surface area contributed by atoms with Gasteiger partial charge < -0.3 is 10.1 Å². The van der Waals surface area contributed by atoms with E-state index in [4.69, 9.17) is 4.74 Å². The van der Waals surface area contributed by atoms with Crippen LogP contribution in [0.25, 0.3) is 0 Å². The molecule has 1 aromatic rings. The zero-order valence-electron chi connectivity index (χ0n) is 9.55. The molecule has 4 heteroatoms. The Labute approximate surface area is 110 Å². The highest BCUT2D eigenvalue weighted by Crippen LogP contribution is 2.19. The van der Waals surface area contributed by atoms with Crippen molar-refractivity contribution in [3.8, 4) is 5.75 Å². The number of rotatable bonds is 5. The Balaban J connectivity index is 2.45. The van der Waals surface area contributed by atoms with Crippen LogP contribution in [0.3, 0.4) is 0 Å². The highest BCUT2D eigenvalue weighted by molar-refractivity contribution is 14.1. The maximum absolute atomic E-state index is 11.3. The molecule has 0 fully saturated rings. The third-order valence-electron chi connectivity index (χ3n) is 2.07. The van der Waals surface area contributed by atoms with E-state index in [1.165, 1.54) is 0 Å². The Kier molecular flexibility index (Phi) is 5.59. The van der Waals surface area contributed by atoms with Crippen LogP contribution in [0.1, 0.15) is 18.9 Å². The van der Waals surface area contributed by atoms with Gasteiger partial charge in [-0.3, -0.25) is 4.79 Å². The van der Waals surface area contributed by atoms with Crippen LogP contribution in [-0.4, -0.2) is 19.1 Å². The third-order valence-corrected chi connectivity index (χ3v) is 2.74. The fourth-order valence-electron chi connectivity index (χ4n) is 1.23. The molecule has 0 saturated heterocycles. The van der Waals surface area contributed by atoms with Crippen molar-refractivity contribution in [3.63, 3.8) is 0 Å². The van der Waals surface area contributed by atoms with Crippen LogP contribution >= 0.6 is 22.6 Å². The largest absolute Gasteiger partial charge is 0.484 e. The average molecular weight is 333 g/mol. The van der Waals surface area contributed by atoms with E-state index in [2.05, 4.69) is 27.9 Å². The molecule has 0 heterocycles. The topological polar surface area (TPSA) is 38.3 Å². The molecular formula is C12H16INO2. The zero-order chi connectivity index (χ0) is 12.0. The Morgan fingerprint density at radius 1 is 1.50 bits per heavy atom. The van der Waals surface area contributed by atoms with Crippen LogP contribution in [0.5, 0.6) is 5.75 Å². The minimum absolute atomic E-state index is 0.0696. The molecule has 3 nitrogen and oxygen atoms in total. The Bertz CT molecular complexity index is 366. The van der Waals surface area contributed by atoms with E-state index in [0.29, 0.717) is 6.54 Å². The quantitative estimate of drug-likeness (QED) is 0.841. The first-order valence-electron chi connectivity index (χ1n) is 5.29. The van der Waals surface area contributed by atoms with Crippen molar-refractivity contribution in [2.45, 2.75) is 20.3 Å². The van der Waals surface area contributed by atoms with E-state index in [9.17, 15) is 4.79 Å². The van der Waals surface area contributed by atoms with E-state index in [0.717, 1.165) is 21.3 Å². The van der Waals surface area contributed by atoms with Crippen molar-refractivity contribution in [3.05, 3.63) is 27.3 Å². The third kappa shape index (κ3) is 4.38. The molecule has 0 radical (unpaired) electrons. The van der Waals surface area contributed by atoms with E-state index < -0.39 is 0 Å². The fraction of sp³-hybridized carbons (Fsp3) is 0.417. The molecule has 0 aliphatic rings. The van der Waals surface area contributed by atoms with Crippen molar-refractivity contribution >= 4 is 28.5 Å². The summed E-state index contributed by atoms with van der Waals surface area (Å²) >= 11 is 2.25. The second kappa shape index (κ2) is 6.73. The summed E-state index contributed by atoms with van der Waals surface area (Å²) in [6.07, 6.45) is 0.939. The van der Waals surface area contributed by atoms with Crippen molar-refractivity contribution in [1.82, 2.24) is 5.32 Å². The molecule has 88 valence electrons. The molecule has 1 amide bonds. The van der Waals surface area contributed by atoms with Gasteiger partial charge in [-0.25, -0.2) is 0 Å². The number of hydrogen-bond acceptors (Lipinski definition) is 2. The van der Waals surface area contributed by atoms with Gasteiger partial charge in [0.15, 0.2) is 6.61 Å². The predicted octanol–water partition coefficient (Wildman–Crippen LogP) is 2.50. The molecule has 0 spiro atoms. The summed E-state index contributed by atoms with van der Waals surface area (Å²) < 4.78 is 6.60. The molecule has 0 saturated carbocycles. The molecule has 1 N–H and O–H groups in total. The summed E-state index contributed by atoms with van der Waals surface area (Å²) in [6, 6.07) is 5.89. The van der Waals surface area contributed by atoms with Gasteiger partial charge in [0.2, 0.25) is 0 Å². The maximum Gasteiger partial charge on any atom is 0.257 e. The van der Waals surface area contributed by atoms with Crippen LogP contribution in [0.15, 0.2) is 18.2 Å². The number of hydrogen-bond donors (Lipinski definition) is 1. The summed E-state index contributed by atoms with van der Waals surface area (Å²) in [6.45, 7) is 4.78. The Morgan fingerprint density at radius 3 is 2.88 bits per heavy atom. The highest BCUT2D eigenvalue weighted by Gasteiger charge is 2.04. The van der Waals surface area contributed by atoms with Gasteiger partial charge in [0, 0.05) is 10.1 Å². The van der Waals surface area contributed by atoms with E-state index in [1.54, 1.807) is 0 Å². The minimum Gasteiger partial charge on any atom is -0.484 e. The lowest BCUT2D eigenvalue weighted by molar-refractivity contribution is -0.123. The van der Waals surface area contributed by atoms with E-state index in [-0.39, 0.29) is 12.5 Å². The SMILES string of the molecule is CCCNC(=O)COc1ccc(I)cc1C. The van der Waals surface area contributed by atoms with Crippen molar-refractivity contribution in [2.24, 2.45) is 0 Å². The number of nitrogens with one attached hydrogen (secondary N) is 1. The van der Waals surface area contributed by atoms with Gasteiger partial charge in [0.1, 0.15) is 5.75 Å². The molecule has 0 atom stereocenters. The molecule has 0 aromatic heterocycles. The molecule has 0 aliphatic heterocycles. The molecule has 0 unspecified atom stereocenters. The smallest absolute Gasteiger partial charge is 0.257 e. The number of aryl methyl sites for hydroxylation is 1. The van der Waals surface area contributed by atoms with Crippen molar-refractivity contribution in [2.75, 3.05) is 13.2 Å². The monoisotopic (exact) mass is 333 g/mol. The second-order valence-electron chi connectivity index (χ2n) is 3.55. The van der Waals surface area contributed by atoms with Crippen LogP contribution in [-0.2, 0) is 4.79 Å². The predicted molar refractivity (Wildman–Crippen MR) is 72.7 cm³/mol. The number of carbonyl (C=O) groups excluding carboxylic acids is 1. The molecule has 0 bridgehead atoms. The summed E-state index contributed by atoms with van der Waals surface area (Å²) in [5, 5.41) is 2.77. The Hall–Kier alpha value is -0.780. The first kappa shape index (κ1) is 13.3. The fourth-order valence-corrected chi connectivity index (χ4v) is 1.88. The molecule has 0 aliphatic carbocycles. The standard InChI is InChI=1S/C12H16INO2/c1-3-6-14-12(15)8-16-11-5-4-10(13)7-9(11)2/h4-5,7H,3,6,8H2,1-2H3,(H,14,15). The molecule has 16 heavy (non-hydrogen) atoms. The van der Waals surface area contributed by atoms with Crippen molar-refractivity contribution < 1.29 is 9.53 Å². The maximum atomic E-state index is 11.3. The van der Waals surface area contributed by atoms with Gasteiger partial charge in [-0.2, -0.15) is 0 Å². The lowest BCUT2D eigenvalue weighted by atomic mass is 10.2. The number of ether oxygens (including phenoxy) is 1. The first-order chi connectivity index (χ1) is 7.63. The molecule has 1 rings (SSSR count). The number of carbonyl (C=O) groups is 1. The van der Waals surface area contributed by atoms with Gasteiger partial charge in [-0.1, -0.05) is 6.92 Å².